The van der Waals surface area contributed by atoms with Crippen LogP contribution in [0.5, 0.6) is 0 Å². The Labute approximate surface area is 134 Å². The second kappa shape index (κ2) is 5.85. The van der Waals surface area contributed by atoms with Crippen molar-refractivity contribution in [2.45, 2.75) is 16.4 Å². The molecule has 1 aliphatic heterocycles. The lowest BCUT2D eigenvalue weighted by Gasteiger charge is -2.27. The summed E-state index contributed by atoms with van der Waals surface area (Å²) >= 11 is 1.85. The number of hydrogen-bond acceptors (Lipinski definition) is 2. The Morgan fingerprint density at radius 1 is 0.727 bits per heavy atom. The lowest BCUT2D eigenvalue weighted by molar-refractivity contribution is -0.930. The van der Waals surface area contributed by atoms with Crippen molar-refractivity contribution < 1.29 is 9.57 Å². The van der Waals surface area contributed by atoms with E-state index in [4.69, 9.17) is 4.84 Å². The number of aromatic nitrogens is 1. The normalized spacial score (nSPS) is 20.0. The molecule has 1 aliphatic rings. The molecule has 0 radical (unpaired) electrons. The maximum atomic E-state index is 6.28. The van der Waals surface area contributed by atoms with Gasteiger partial charge < -0.3 is 0 Å². The number of benzene rings is 2. The summed E-state index contributed by atoms with van der Waals surface area (Å²) in [5.74, 6) is 0. The smallest absolute Gasteiger partial charge is 0.261 e. The van der Waals surface area contributed by atoms with Gasteiger partial charge in [-0.3, -0.25) is 4.84 Å². The van der Waals surface area contributed by atoms with E-state index in [1.165, 1.54) is 11.1 Å². The van der Waals surface area contributed by atoms with E-state index in [1.54, 1.807) is 0 Å². The first-order chi connectivity index (χ1) is 10.9. The molecule has 0 N–H and O–H groups in total. The van der Waals surface area contributed by atoms with Crippen LogP contribution in [0, 0.1) is 0 Å². The van der Waals surface area contributed by atoms with Gasteiger partial charge in [-0.2, -0.15) is 0 Å². The lowest BCUT2D eigenvalue weighted by atomic mass is 10.0. The average Bonchev–Trinajstić information content (AvgIpc) is 2.62. The molecular weight excluding hydrogens is 290 g/mol. The van der Waals surface area contributed by atoms with Gasteiger partial charge >= 0.3 is 0 Å². The van der Waals surface area contributed by atoms with E-state index in [9.17, 15) is 0 Å². The fourth-order valence-electron chi connectivity index (χ4n) is 2.72. The summed E-state index contributed by atoms with van der Waals surface area (Å²) in [7, 11) is 0. The predicted octanol–water partition coefficient (Wildman–Crippen LogP) is 3.99. The van der Waals surface area contributed by atoms with Gasteiger partial charge in [0.1, 0.15) is 0 Å². The van der Waals surface area contributed by atoms with E-state index in [-0.39, 0.29) is 11.4 Å². The zero-order valence-electron chi connectivity index (χ0n) is 12.0. The van der Waals surface area contributed by atoms with E-state index in [2.05, 4.69) is 60.7 Å². The predicted molar refractivity (Wildman–Crippen MR) is 87.4 cm³/mol. The molecule has 1 aromatic heterocycles. The van der Waals surface area contributed by atoms with Crippen molar-refractivity contribution in [3.05, 3.63) is 96.2 Å². The van der Waals surface area contributed by atoms with Gasteiger partial charge in [-0.05, 0) is 23.4 Å². The van der Waals surface area contributed by atoms with Gasteiger partial charge in [0.2, 0.25) is 12.3 Å². The molecule has 0 saturated carbocycles. The molecule has 3 heteroatoms. The molecule has 0 spiro atoms. The number of fused-ring (bicyclic) bond motifs is 1. The van der Waals surface area contributed by atoms with E-state index in [1.807, 2.05) is 40.9 Å². The Hall–Kier alpha value is -2.26. The summed E-state index contributed by atoms with van der Waals surface area (Å²) in [5.41, 5.74) is 2.49. The summed E-state index contributed by atoms with van der Waals surface area (Å²) < 4.78 is 1.88. The van der Waals surface area contributed by atoms with Crippen molar-refractivity contribution in [2.75, 3.05) is 0 Å². The SMILES string of the molecule is c1ccc(C2O[n+]3ccccc3SC2c2ccccc2)cc1. The first-order valence-corrected chi connectivity index (χ1v) is 8.24. The molecule has 2 atom stereocenters. The molecular formula is C19H16NOS+. The molecule has 0 amide bonds. The molecule has 2 unspecified atom stereocenters. The van der Waals surface area contributed by atoms with Gasteiger partial charge in [0.05, 0.1) is 5.25 Å². The quantitative estimate of drug-likeness (QED) is 0.664. The fourth-order valence-corrected chi connectivity index (χ4v) is 3.97. The number of pyridine rings is 1. The van der Waals surface area contributed by atoms with E-state index < -0.39 is 0 Å². The third-order valence-corrected chi connectivity index (χ3v) is 5.13. The van der Waals surface area contributed by atoms with Gasteiger partial charge in [-0.15, -0.1) is 0 Å². The molecule has 22 heavy (non-hydrogen) atoms. The van der Waals surface area contributed by atoms with Crippen LogP contribution in [0.2, 0.25) is 0 Å². The van der Waals surface area contributed by atoms with Crippen molar-refractivity contribution in [3.63, 3.8) is 0 Å². The first kappa shape index (κ1) is 13.4. The van der Waals surface area contributed by atoms with Crippen LogP contribution in [0.25, 0.3) is 0 Å². The zero-order chi connectivity index (χ0) is 14.8. The van der Waals surface area contributed by atoms with Gasteiger partial charge in [0.15, 0.2) is 0 Å². The maximum Gasteiger partial charge on any atom is 0.291 e. The molecule has 2 heterocycles. The van der Waals surface area contributed by atoms with Crippen LogP contribution in [-0.4, -0.2) is 0 Å². The highest BCUT2D eigenvalue weighted by Crippen LogP contribution is 2.45. The van der Waals surface area contributed by atoms with Gasteiger partial charge in [-0.1, -0.05) is 60.7 Å². The average molecular weight is 306 g/mol. The van der Waals surface area contributed by atoms with Crippen molar-refractivity contribution in [2.24, 2.45) is 0 Å². The van der Waals surface area contributed by atoms with Gasteiger partial charge in [-0.25, -0.2) is 0 Å². The highest BCUT2D eigenvalue weighted by atomic mass is 32.2. The highest BCUT2D eigenvalue weighted by molar-refractivity contribution is 7.99. The second-order valence-corrected chi connectivity index (χ2v) is 6.41. The summed E-state index contributed by atoms with van der Waals surface area (Å²) in [4.78, 5) is 6.28. The van der Waals surface area contributed by atoms with Crippen LogP contribution < -0.4 is 9.57 Å². The minimum Gasteiger partial charge on any atom is -0.261 e. The van der Waals surface area contributed by atoms with Gasteiger partial charge in [0.25, 0.3) is 5.03 Å². The van der Waals surface area contributed by atoms with Crippen LogP contribution in [0.4, 0.5) is 0 Å². The molecule has 0 aliphatic carbocycles. The molecule has 3 aromatic rings. The first-order valence-electron chi connectivity index (χ1n) is 7.36. The van der Waals surface area contributed by atoms with Crippen LogP contribution in [0.15, 0.2) is 90.1 Å². The largest absolute Gasteiger partial charge is 0.291 e. The fraction of sp³-hybridized carbons (Fsp3) is 0.105. The van der Waals surface area contributed by atoms with Crippen LogP contribution in [0.1, 0.15) is 22.5 Å². The number of rotatable bonds is 2. The Balaban J connectivity index is 1.79. The standard InChI is InChI=1S/C19H16NOS/c1-3-9-15(10-4-1)18-19(16-11-5-2-6-12-16)22-17-13-7-8-14-20(17)21-18/h1-14,18-19H/q+1. The van der Waals surface area contributed by atoms with Crippen molar-refractivity contribution >= 4 is 11.8 Å². The molecule has 0 bridgehead atoms. The van der Waals surface area contributed by atoms with E-state index >= 15 is 0 Å². The molecule has 4 rings (SSSR count). The van der Waals surface area contributed by atoms with Crippen LogP contribution in [0.3, 0.4) is 0 Å². The lowest BCUT2D eigenvalue weighted by Crippen LogP contribution is -2.50. The van der Waals surface area contributed by atoms with E-state index in [0.29, 0.717) is 0 Å². The Morgan fingerprint density at radius 2 is 1.36 bits per heavy atom. The second-order valence-electron chi connectivity index (χ2n) is 5.25. The monoisotopic (exact) mass is 306 g/mol. The number of thioether (sulfide) groups is 1. The minimum atomic E-state index is -0.00602. The van der Waals surface area contributed by atoms with Crippen LogP contribution >= 0.6 is 11.8 Å². The Bertz CT molecular complexity index is 694. The third-order valence-electron chi connectivity index (χ3n) is 3.79. The summed E-state index contributed by atoms with van der Waals surface area (Å²) in [6.45, 7) is 0. The molecule has 2 nitrogen and oxygen atoms in total. The summed E-state index contributed by atoms with van der Waals surface area (Å²) in [5, 5.41) is 1.37. The number of hydrogen-bond donors (Lipinski definition) is 0. The molecule has 108 valence electrons. The Morgan fingerprint density at radius 3 is 2.09 bits per heavy atom. The van der Waals surface area contributed by atoms with Crippen LogP contribution in [-0.2, 0) is 0 Å². The number of nitrogens with zero attached hydrogens (tertiary/aromatic N) is 1. The molecule has 2 aromatic carbocycles. The van der Waals surface area contributed by atoms with Crippen molar-refractivity contribution in [1.82, 2.24) is 0 Å². The summed E-state index contributed by atoms with van der Waals surface area (Å²) in [6.07, 6.45) is 1.97. The van der Waals surface area contributed by atoms with Gasteiger partial charge in [0, 0.05) is 22.4 Å². The maximum absolute atomic E-state index is 6.28. The van der Waals surface area contributed by atoms with E-state index in [0.717, 1.165) is 5.03 Å². The van der Waals surface area contributed by atoms with Crippen molar-refractivity contribution in [1.29, 1.82) is 0 Å². The minimum absolute atomic E-state index is 0.00602. The molecule has 0 saturated heterocycles. The summed E-state index contributed by atoms with van der Waals surface area (Å²) in [6, 6.07) is 27.2. The van der Waals surface area contributed by atoms with Crippen molar-refractivity contribution in [3.8, 4) is 0 Å². The Kier molecular flexibility index (Phi) is 3.57. The topological polar surface area (TPSA) is 13.1 Å². The third kappa shape index (κ3) is 2.48. The zero-order valence-corrected chi connectivity index (χ0v) is 12.8. The molecule has 0 fully saturated rings. The highest BCUT2D eigenvalue weighted by Gasteiger charge is 2.38.